The van der Waals surface area contributed by atoms with E-state index in [1.165, 1.54) is 0 Å². The van der Waals surface area contributed by atoms with E-state index in [1.807, 2.05) is 13.0 Å². The summed E-state index contributed by atoms with van der Waals surface area (Å²) < 4.78 is 6.32. The number of anilines is 1. The molecule has 4 nitrogen and oxygen atoms in total. The fourth-order valence-electron chi connectivity index (χ4n) is 1.92. The number of nitrogens with zero attached hydrogens (tertiary/aromatic N) is 2. The molecule has 1 aromatic heterocycles. The number of halogens is 1. The number of ether oxygens (including phenoxy) is 1. The molecule has 0 radical (unpaired) electrons. The summed E-state index contributed by atoms with van der Waals surface area (Å²) in [4.78, 5) is 6.53. The second-order valence-electron chi connectivity index (χ2n) is 3.90. The van der Waals surface area contributed by atoms with E-state index in [9.17, 15) is 5.11 Å². The molecule has 1 N–H and O–H groups in total. The van der Waals surface area contributed by atoms with Crippen molar-refractivity contribution in [1.82, 2.24) is 4.98 Å². The second-order valence-corrected chi connectivity index (χ2v) is 4.81. The van der Waals surface area contributed by atoms with Crippen molar-refractivity contribution in [3.63, 3.8) is 0 Å². The molecule has 1 aliphatic heterocycles. The molecule has 1 saturated heterocycles. The van der Waals surface area contributed by atoms with E-state index in [-0.39, 0.29) is 12.6 Å². The van der Waals surface area contributed by atoms with Crippen molar-refractivity contribution in [3.05, 3.63) is 22.3 Å². The molecule has 16 heavy (non-hydrogen) atoms. The van der Waals surface area contributed by atoms with Crippen LogP contribution < -0.4 is 4.90 Å². The van der Waals surface area contributed by atoms with E-state index < -0.39 is 0 Å². The summed E-state index contributed by atoms with van der Waals surface area (Å²) >= 11 is 3.40. The van der Waals surface area contributed by atoms with Gasteiger partial charge in [0.1, 0.15) is 5.82 Å². The number of aryl methyl sites for hydroxylation is 1. The van der Waals surface area contributed by atoms with Crippen LogP contribution in [0.3, 0.4) is 0 Å². The van der Waals surface area contributed by atoms with Crippen LogP contribution in [0.1, 0.15) is 5.56 Å². The van der Waals surface area contributed by atoms with Crippen LogP contribution in [0.15, 0.2) is 16.7 Å². The molecule has 1 aromatic rings. The zero-order valence-electron chi connectivity index (χ0n) is 9.19. The Kier molecular flexibility index (Phi) is 3.78. The first kappa shape index (κ1) is 11.8. The second kappa shape index (κ2) is 5.12. The summed E-state index contributed by atoms with van der Waals surface area (Å²) in [5.74, 6) is 0.936. The molecule has 0 aromatic carbocycles. The van der Waals surface area contributed by atoms with Gasteiger partial charge in [-0.25, -0.2) is 4.98 Å². The summed E-state index contributed by atoms with van der Waals surface area (Å²) in [5.41, 5.74) is 1.11. The van der Waals surface area contributed by atoms with Crippen molar-refractivity contribution in [2.45, 2.75) is 13.0 Å². The molecule has 5 heteroatoms. The van der Waals surface area contributed by atoms with E-state index >= 15 is 0 Å². The highest BCUT2D eigenvalue weighted by Gasteiger charge is 2.24. The molecule has 1 unspecified atom stereocenters. The molecule has 0 aliphatic carbocycles. The van der Waals surface area contributed by atoms with Gasteiger partial charge in [-0.1, -0.05) is 0 Å². The average molecular weight is 287 g/mol. The first-order valence-corrected chi connectivity index (χ1v) is 6.09. The van der Waals surface area contributed by atoms with Crippen LogP contribution in [0.2, 0.25) is 0 Å². The van der Waals surface area contributed by atoms with Crippen LogP contribution in [-0.4, -0.2) is 42.5 Å². The van der Waals surface area contributed by atoms with E-state index in [0.29, 0.717) is 13.2 Å². The quantitative estimate of drug-likeness (QED) is 0.892. The lowest BCUT2D eigenvalue weighted by Crippen LogP contribution is -2.48. The van der Waals surface area contributed by atoms with Gasteiger partial charge in [0.2, 0.25) is 0 Å². The van der Waals surface area contributed by atoms with Crippen molar-refractivity contribution in [2.24, 2.45) is 0 Å². The fraction of sp³-hybridized carbons (Fsp3) is 0.545. The predicted octanol–water partition coefficient (Wildman–Crippen LogP) is 1.35. The third-order valence-corrected chi connectivity index (χ3v) is 3.16. The minimum absolute atomic E-state index is 0.0149. The molecule has 1 aliphatic rings. The summed E-state index contributed by atoms with van der Waals surface area (Å²) in [6.45, 7) is 4.15. The Morgan fingerprint density at radius 2 is 2.50 bits per heavy atom. The van der Waals surface area contributed by atoms with Crippen LogP contribution in [0.5, 0.6) is 0 Å². The van der Waals surface area contributed by atoms with E-state index in [2.05, 4.69) is 25.8 Å². The number of aromatic nitrogens is 1. The zero-order chi connectivity index (χ0) is 11.5. The Hall–Kier alpha value is -0.650. The van der Waals surface area contributed by atoms with Crippen LogP contribution in [0.4, 0.5) is 5.82 Å². The number of rotatable bonds is 2. The lowest BCUT2D eigenvalue weighted by molar-refractivity contribution is 0.0722. The number of aliphatic hydroxyl groups excluding tert-OH is 1. The van der Waals surface area contributed by atoms with Crippen LogP contribution in [0, 0.1) is 6.92 Å². The molecule has 0 amide bonds. The molecule has 1 fully saturated rings. The number of hydrogen-bond acceptors (Lipinski definition) is 4. The monoisotopic (exact) mass is 286 g/mol. The molecular formula is C11H15BrN2O2. The van der Waals surface area contributed by atoms with Crippen molar-refractivity contribution < 1.29 is 9.84 Å². The molecule has 1 atom stereocenters. The van der Waals surface area contributed by atoms with Gasteiger partial charge in [0.05, 0.1) is 25.9 Å². The Morgan fingerprint density at radius 1 is 1.69 bits per heavy atom. The van der Waals surface area contributed by atoms with Gasteiger partial charge in [0.25, 0.3) is 0 Å². The van der Waals surface area contributed by atoms with E-state index in [4.69, 9.17) is 4.74 Å². The number of pyridine rings is 1. The van der Waals surface area contributed by atoms with Gasteiger partial charge < -0.3 is 14.7 Å². The van der Waals surface area contributed by atoms with Crippen molar-refractivity contribution in [1.29, 1.82) is 0 Å². The maximum Gasteiger partial charge on any atom is 0.131 e. The van der Waals surface area contributed by atoms with Gasteiger partial charge in [0.15, 0.2) is 0 Å². The molecule has 0 saturated carbocycles. The Labute approximate surface area is 103 Å². The maximum atomic E-state index is 9.31. The number of morpholine rings is 1. The van der Waals surface area contributed by atoms with Gasteiger partial charge in [-0.3, -0.25) is 0 Å². The minimum Gasteiger partial charge on any atom is -0.394 e. The van der Waals surface area contributed by atoms with E-state index in [0.717, 1.165) is 22.4 Å². The molecule has 2 heterocycles. The fourth-order valence-corrected chi connectivity index (χ4v) is 2.36. The first-order chi connectivity index (χ1) is 7.72. The third kappa shape index (κ3) is 2.36. The van der Waals surface area contributed by atoms with E-state index in [1.54, 1.807) is 6.20 Å². The molecule has 88 valence electrons. The molecular weight excluding hydrogens is 272 g/mol. The molecule has 0 bridgehead atoms. The topological polar surface area (TPSA) is 45.6 Å². The maximum absolute atomic E-state index is 9.31. The summed E-state index contributed by atoms with van der Waals surface area (Å²) in [6, 6.07) is 2.05. The normalized spacial score (nSPS) is 21.2. The zero-order valence-corrected chi connectivity index (χ0v) is 10.8. The van der Waals surface area contributed by atoms with Crippen LogP contribution >= 0.6 is 15.9 Å². The smallest absolute Gasteiger partial charge is 0.131 e. The van der Waals surface area contributed by atoms with Crippen molar-refractivity contribution in [2.75, 3.05) is 31.3 Å². The highest BCUT2D eigenvalue weighted by atomic mass is 79.9. The van der Waals surface area contributed by atoms with Gasteiger partial charge in [-0.15, -0.1) is 0 Å². The lowest BCUT2D eigenvalue weighted by Gasteiger charge is -2.36. The largest absolute Gasteiger partial charge is 0.394 e. The Balaban J connectivity index is 2.27. The predicted molar refractivity (Wildman–Crippen MR) is 65.7 cm³/mol. The van der Waals surface area contributed by atoms with Crippen LogP contribution in [-0.2, 0) is 4.74 Å². The van der Waals surface area contributed by atoms with Crippen molar-refractivity contribution >= 4 is 21.7 Å². The SMILES string of the molecule is Cc1cc(Br)cnc1N1CCOCC1CO. The third-order valence-electron chi connectivity index (χ3n) is 2.73. The highest BCUT2D eigenvalue weighted by Crippen LogP contribution is 2.23. The average Bonchev–Trinajstić information content (AvgIpc) is 2.29. The van der Waals surface area contributed by atoms with Gasteiger partial charge in [-0.05, 0) is 34.5 Å². The van der Waals surface area contributed by atoms with Gasteiger partial charge in [-0.2, -0.15) is 0 Å². The number of aliphatic hydroxyl groups is 1. The first-order valence-electron chi connectivity index (χ1n) is 5.29. The Bertz CT molecular complexity index is 373. The summed E-state index contributed by atoms with van der Waals surface area (Å²) in [6.07, 6.45) is 1.78. The van der Waals surface area contributed by atoms with Crippen molar-refractivity contribution in [3.8, 4) is 0 Å². The summed E-state index contributed by atoms with van der Waals surface area (Å²) in [5, 5.41) is 9.31. The standard InChI is InChI=1S/C11H15BrN2O2/c1-8-4-9(12)5-13-11(8)14-2-3-16-7-10(14)6-15/h4-5,10,15H,2-3,6-7H2,1H3. The Morgan fingerprint density at radius 3 is 3.19 bits per heavy atom. The highest BCUT2D eigenvalue weighted by molar-refractivity contribution is 9.10. The summed E-state index contributed by atoms with van der Waals surface area (Å²) in [7, 11) is 0. The number of hydrogen-bond donors (Lipinski definition) is 1. The lowest BCUT2D eigenvalue weighted by atomic mass is 10.2. The minimum atomic E-state index is 0.0149. The molecule has 0 spiro atoms. The van der Waals surface area contributed by atoms with Gasteiger partial charge in [0, 0.05) is 17.2 Å². The molecule has 2 rings (SSSR count). The van der Waals surface area contributed by atoms with Crippen LogP contribution in [0.25, 0.3) is 0 Å². The van der Waals surface area contributed by atoms with Gasteiger partial charge >= 0.3 is 0 Å².